The topological polar surface area (TPSA) is 24.5 Å². The van der Waals surface area contributed by atoms with Crippen molar-refractivity contribution in [2.24, 2.45) is 0 Å². The van der Waals surface area contributed by atoms with E-state index in [2.05, 4.69) is 24.2 Å². The number of ether oxygens (including phenoxy) is 1. The Bertz CT molecular complexity index is 113. The first kappa shape index (κ1) is 8.97. The Kier molecular flexibility index (Phi) is 3.83. The van der Waals surface area contributed by atoms with Gasteiger partial charge in [-0.05, 0) is 13.6 Å². The fourth-order valence-electron chi connectivity index (χ4n) is 1.30. The predicted molar refractivity (Wildman–Crippen MR) is 47.9 cm³/mol. The average molecular weight is 160 g/mol. The minimum Gasteiger partial charge on any atom is -0.374 e. The van der Waals surface area contributed by atoms with Gasteiger partial charge in [0.25, 0.3) is 0 Å². The maximum atomic E-state index is 5.55. The van der Waals surface area contributed by atoms with Gasteiger partial charge in [-0.25, -0.2) is 0 Å². The van der Waals surface area contributed by atoms with Crippen LogP contribution in [-0.4, -0.2) is 50.8 Å². The molecule has 68 valence electrons. The van der Waals surface area contributed by atoms with E-state index in [-0.39, 0.29) is 1.43 Å². The van der Waals surface area contributed by atoms with Crippen LogP contribution in [0, 0.1) is 0 Å². The van der Waals surface area contributed by atoms with Gasteiger partial charge in [0, 0.05) is 21.1 Å². The molecule has 1 saturated heterocycles. The van der Waals surface area contributed by atoms with E-state index in [4.69, 9.17) is 4.74 Å². The van der Waals surface area contributed by atoms with E-state index in [1.165, 1.54) is 0 Å². The Morgan fingerprint density at radius 2 is 2.55 bits per heavy atom. The van der Waals surface area contributed by atoms with Crippen LogP contribution in [-0.2, 0) is 4.74 Å². The third-order valence-electron chi connectivity index (χ3n) is 1.96. The molecule has 0 radical (unpaired) electrons. The second-order valence-corrected chi connectivity index (χ2v) is 3.06. The highest BCUT2D eigenvalue weighted by atomic mass is 16.5. The van der Waals surface area contributed by atoms with Gasteiger partial charge in [-0.15, -0.1) is 0 Å². The van der Waals surface area contributed by atoms with Gasteiger partial charge in [-0.3, -0.25) is 0 Å². The molecule has 1 fully saturated rings. The maximum Gasteiger partial charge on any atom is 0.0826 e. The van der Waals surface area contributed by atoms with Gasteiger partial charge >= 0.3 is 0 Å². The third kappa shape index (κ3) is 3.18. The van der Waals surface area contributed by atoms with Crippen LogP contribution >= 0.6 is 0 Å². The Labute approximate surface area is 70.2 Å². The summed E-state index contributed by atoms with van der Waals surface area (Å²) >= 11 is 0. The van der Waals surface area contributed by atoms with Crippen molar-refractivity contribution in [1.29, 1.82) is 0 Å². The van der Waals surface area contributed by atoms with Crippen molar-refractivity contribution in [2.75, 3.05) is 39.8 Å². The molecule has 0 aromatic rings. The lowest BCUT2D eigenvalue weighted by Crippen LogP contribution is -2.44. The lowest BCUT2D eigenvalue weighted by atomic mass is 10.3. The summed E-state index contributed by atoms with van der Waals surface area (Å²) in [5, 5.41) is 3.29. The highest BCUT2D eigenvalue weighted by Gasteiger charge is 2.16. The molecule has 0 aromatic heterocycles. The van der Waals surface area contributed by atoms with E-state index >= 15 is 0 Å². The third-order valence-corrected chi connectivity index (χ3v) is 1.96. The van der Waals surface area contributed by atoms with Crippen molar-refractivity contribution in [1.82, 2.24) is 10.2 Å². The van der Waals surface area contributed by atoms with Crippen molar-refractivity contribution >= 4 is 0 Å². The largest absolute Gasteiger partial charge is 0.374 e. The second kappa shape index (κ2) is 4.70. The lowest BCUT2D eigenvalue weighted by molar-refractivity contribution is -0.0178. The number of morpholine rings is 1. The molecule has 3 nitrogen and oxygen atoms in total. The van der Waals surface area contributed by atoms with Gasteiger partial charge in [0.1, 0.15) is 0 Å². The fourth-order valence-corrected chi connectivity index (χ4v) is 1.30. The molecular formula is C8H20N2O. The Balaban J connectivity index is 0.00000121. The summed E-state index contributed by atoms with van der Waals surface area (Å²) in [4.78, 5) is 2.31. The smallest absolute Gasteiger partial charge is 0.0826 e. The second-order valence-electron chi connectivity index (χ2n) is 3.06. The van der Waals surface area contributed by atoms with Crippen molar-refractivity contribution in [3.8, 4) is 0 Å². The zero-order chi connectivity index (χ0) is 8.10. The molecule has 0 saturated carbocycles. The number of nitrogens with one attached hydrogen (secondary N) is 1. The highest BCUT2D eigenvalue weighted by Crippen LogP contribution is 2.00. The molecule has 0 spiro atoms. The molecule has 0 bridgehead atoms. The summed E-state index contributed by atoms with van der Waals surface area (Å²) in [6, 6.07) is 0. The fraction of sp³-hybridized carbons (Fsp3) is 1.00. The highest BCUT2D eigenvalue weighted by molar-refractivity contribution is 4.70. The minimum absolute atomic E-state index is 0. The number of rotatable bonds is 3. The molecule has 3 heteroatoms. The summed E-state index contributed by atoms with van der Waals surface area (Å²) in [6.45, 7) is 7.15. The average Bonchev–Trinajstić information content (AvgIpc) is 2.01. The van der Waals surface area contributed by atoms with Crippen LogP contribution in [0.1, 0.15) is 8.35 Å². The van der Waals surface area contributed by atoms with Crippen LogP contribution in [0.2, 0.25) is 0 Å². The first-order valence-electron chi connectivity index (χ1n) is 4.33. The number of likely N-dealkylation sites (N-methyl/N-ethyl adjacent to an activating group) is 2. The molecule has 11 heavy (non-hydrogen) atoms. The summed E-state index contributed by atoms with van der Waals surface area (Å²) in [7, 11) is 2.14. The van der Waals surface area contributed by atoms with Crippen molar-refractivity contribution in [3.63, 3.8) is 0 Å². The lowest BCUT2D eigenvalue weighted by Gasteiger charge is -2.30. The molecule has 0 amide bonds. The Morgan fingerprint density at radius 3 is 3.18 bits per heavy atom. The zero-order valence-electron chi connectivity index (χ0n) is 7.47. The van der Waals surface area contributed by atoms with Gasteiger partial charge in [-0.2, -0.15) is 0 Å². The van der Waals surface area contributed by atoms with Gasteiger partial charge < -0.3 is 15.0 Å². The number of hydrogen-bond acceptors (Lipinski definition) is 3. The quantitative estimate of drug-likeness (QED) is 0.637. The van der Waals surface area contributed by atoms with Crippen LogP contribution in [0.5, 0.6) is 0 Å². The summed E-state index contributed by atoms with van der Waals surface area (Å²) in [5.74, 6) is 0. The summed E-state index contributed by atoms with van der Waals surface area (Å²) < 4.78 is 5.55. The van der Waals surface area contributed by atoms with Crippen LogP contribution in [0.25, 0.3) is 0 Å². The first-order valence-corrected chi connectivity index (χ1v) is 4.33. The number of nitrogens with zero attached hydrogens (tertiary/aromatic N) is 1. The molecule has 1 aliphatic heterocycles. The molecule has 0 aromatic carbocycles. The summed E-state index contributed by atoms with van der Waals surface area (Å²) in [6.07, 6.45) is 0.397. The van der Waals surface area contributed by atoms with E-state index in [9.17, 15) is 0 Å². The molecule has 1 unspecified atom stereocenters. The normalized spacial score (nSPS) is 27.3. The predicted octanol–water partition coefficient (Wildman–Crippen LogP) is 0.173. The van der Waals surface area contributed by atoms with Gasteiger partial charge in [-0.1, -0.05) is 6.92 Å². The maximum absolute atomic E-state index is 5.55. The minimum atomic E-state index is 0. The molecule has 0 aliphatic carbocycles. The zero-order valence-corrected chi connectivity index (χ0v) is 7.47. The van der Waals surface area contributed by atoms with Crippen LogP contribution < -0.4 is 5.32 Å². The monoisotopic (exact) mass is 160 g/mol. The molecule has 1 rings (SSSR count). The van der Waals surface area contributed by atoms with Crippen LogP contribution in [0.15, 0.2) is 0 Å². The van der Waals surface area contributed by atoms with Crippen LogP contribution in [0.4, 0.5) is 0 Å². The van der Waals surface area contributed by atoms with E-state index in [0.717, 1.165) is 32.8 Å². The van der Waals surface area contributed by atoms with E-state index < -0.39 is 0 Å². The standard InChI is InChI=1S/C8H18N2O.H2/c1-3-9-6-8-7-10(2)4-5-11-8;/h8-9H,3-7H2,1-2H3;1H. The van der Waals surface area contributed by atoms with Crippen molar-refractivity contribution in [3.05, 3.63) is 0 Å². The van der Waals surface area contributed by atoms with E-state index in [0.29, 0.717) is 6.10 Å². The summed E-state index contributed by atoms with van der Waals surface area (Å²) in [5.41, 5.74) is 0. The molecular weight excluding hydrogens is 140 g/mol. The molecule has 1 N–H and O–H groups in total. The molecule has 1 atom stereocenters. The SMILES string of the molecule is CCNCC1CN(C)CCO1.[HH]. The Hall–Kier alpha value is -0.120. The van der Waals surface area contributed by atoms with Gasteiger partial charge in [0.05, 0.1) is 12.7 Å². The van der Waals surface area contributed by atoms with Crippen molar-refractivity contribution in [2.45, 2.75) is 13.0 Å². The van der Waals surface area contributed by atoms with E-state index in [1.54, 1.807) is 0 Å². The van der Waals surface area contributed by atoms with E-state index in [1.807, 2.05) is 0 Å². The molecule has 1 heterocycles. The Morgan fingerprint density at radius 1 is 1.73 bits per heavy atom. The first-order chi connectivity index (χ1) is 5.33. The van der Waals surface area contributed by atoms with Gasteiger partial charge in [0.15, 0.2) is 0 Å². The molecule has 1 aliphatic rings. The number of hydrogen-bond donors (Lipinski definition) is 1. The van der Waals surface area contributed by atoms with Crippen LogP contribution in [0.3, 0.4) is 0 Å². The van der Waals surface area contributed by atoms with Crippen molar-refractivity contribution < 1.29 is 6.16 Å². The van der Waals surface area contributed by atoms with Gasteiger partial charge in [0.2, 0.25) is 0 Å².